The summed E-state index contributed by atoms with van der Waals surface area (Å²) in [4.78, 5) is 42.3. The first kappa shape index (κ1) is 22.1. The predicted molar refractivity (Wildman–Crippen MR) is 132 cm³/mol. The van der Waals surface area contributed by atoms with Gasteiger partial charge in [0.05, 0.1) is 17.2 Å². The SMILES string of the molecule is Cc1ccc(NC(=O)c2ccc3c(c2)OCCO3)cc1NC(=O)c1ccc2ncn(C)c(=O)c2c1. The maximum Gasteiger partial charge on any atom is 0.260 e. The zero-order valence-corrected chi connectivity index (χ0v) is 19.1. The number of amides is 2. The summed E-state index contributed by atoms with van der Waals surface area (Å²) in [7, 11) is 1.61. The van der Waals surface area contributed by atoms with Crippen LogP contribution < -0.4 is 25.7 Å². The average molecular weight is 470 g/mol. The number of aromatic nitrogens is 2. The second-order valence-electron chi connectivity index (χ2n) is 8.19. The standard InChI is InChI=1S/C26H22N4O5/c1-15-3-6-18(28-24(31)17-5-8-22-23(12-17)35-10-9-34-22)13-21(15)29-25(32)16-4-7-20-19(11-16)26(33)30(2)14-27-20/h3-8,11-14H,9-10H2,1-2H3,(H,28,31)(H,29,32). The first-order valence-electron chi connectivity index (χ1n) is 11.0. The molecule has 4 aromatic rings. The topological polar surface area (TPSA) is 112 Å². The van der Waals surface area contributed by atoms with Crippen LogP contribution in [0.5, 0.6) is 11.5 Å². The van der Waals surface area contributed by atoms with Crippen molar-refractivity contribution in [2.45, 2.75) is 6.92 Å². The van der Waals surface area contributed by atoms with Gasteiger partial charge in [0.25, 0.3) is 17.4 Å². The number of carbonyl (C=O) groups is 2. The lowest BCUT2D eigenvalue weighted by Gasteiger charge is -2.18. The number of rotatable bonds is 4. The first-order valence-corrected chi connectivity index (χ1v) is 11.0. The third kappa shape index (κ3) is 4.43. The van der Waals surface area contributed by atoms with Crippen molar-refractivity contribution >= 4 is 34.1 Å². The number of carbonyl (C=O) groups excluding carboxylic acids is 2. The number of anilines is 2. The molecule has 0 unspecified atom stereocenters. The predicted octanol–water partition coefficient (Wildman–Crippen LogP) is 3.52. The Labute approximate surface area is 200 Å². The van der Waals surface area contributed by atoms with Gasteiger partial charge >= 0.3 is 0 Å². The highest BCUT2D eigenvalue weighted by atomic mass is 16.6. The van der Waals surface area contributed by atoms with E-state index in [1.54, 1.807) is 55.6 Å². The molecule has 0 spiro atoms. The summed E-state index contributed by atoms with van der Waals surface area (Å²) < 4.78 is 12.4. The fourth-order valence-electron chi connectivity index (χ4n) is 3.77. The van der Waals surface area contributed by atoms with E-state index < -0.39 is 0 Å². The molecule has 0 saturated heterocycles. The van der Waals surface area contributed by atoms with Crippen LogP contribution in [0.15, 0.2) is 65.7 Å². The Morgan fingerprint density at radius 3 is 2.43 bits per heavy atom. The minimum absolute atomic E-state index is 0.232. The van der Waals surface area contributed by atoms with Gasteiger partial charge in [-0.05, 0) is 61.0 Å². The summed E-state index contributed by atoms with van der Waals surface area (Å²) in [6, 6.07) is 15.0. The molecule has 3 aromatic carbocycles. The van der Waals surface area contributed by atoms with Gasteiger partial charge in [-0.2, -0.15) is 0 Å². The molecule has 2 heterocycles. The van der Waals surface area contributed by atoms with Crippen LogP contribution in [0.3, 0.4) is 0 Å². The van der Waals surface area contributed by atoms with E-state index >= 15 is 0 Å². The van der Waals surface area contributed by atoms with Gasteiger partial charge in [0.2, 0.25) is 0 Å². The Morgan fingerprint density at radius 2 is 1.60 bits per heavy atom. The van der Waals surface area contributed by atoms with Crippen LogP contribution >= 0.6 is 0 Å². The maximum atomic E-state index is 12.9. The molecule has 176 valence electrons. The zero-order chi connectivity index (χ0) is 24.5. The number of benzene rings is 3. The molecule has 5 rings (SSSR count). The van der Waals surface area contributed by atoms with Gasteiger partial charge in [0, 0.05) is 29.5 Å². The maximum absolute atomic E-state index is 12.9. The van der Waals surface area contributed by atoms with Gasteiger partial charge in [-0.15, -0.1) is 0 Å². The van der Waals surface area contributed by atoms with Crippen molar-refractivity contribution in [3.63, 3.8) is 0 Å². The molecule has 9 nitrogen and oxygen atoms in total. The van der Waals surface area contributed by atoms with Gasteiger partial charge in [0.1, 0.15) is 13.2 Å². The number of nitrogens with one attached hydrogen (secondary N) is 2. The average Bonchev–Trinajstić information content (AvgIpc) is 2.87. The van der Waals surface area contributed by atoms with Crippen LogP contribution in [-0.4, -0.2) is 34.6 Å². The summed E-state index contributed by atoms with van der Waals surface area (Å²) in [5.41, 5.74) is 2.90. The monoisotopic (exact) mass is 470 g/mol. The van der Waals surface area contributed by atoms with E-state index in [-0.39, 0.29) is 17.4 Å². The van der Waals surface area contributed by atoms with E-state index in [2.05, 4.69) is 15.6 Å². The zero-order valence-electron chi connectivity index (χ0n) is 19.1. The van der Waals surface area contributed by atoms with Crippen molar-refractivity contribution in [2.75, 3.05) is 23.8 Å². The van der Waals surface area contributed by atoms with Crippen LogP contribution in [0, 0.1) is 6.92 Å². The Morgan fingerprint density at radius 1 is 0.886 bits per heavy atom. The Kier molecular flexibility index (Phi) is 5.66. The van der Waals surface area contributed by atoms with Gasteiger partial charge in [-0.25, -0.2) is 4.98 Å². The summed E-state index contributed by atoms with van der Waals surface area (Å²) in [6.45, 7) is 2.76. The molecular formula is C26H22N4O5. The van der Waals surface area contributed by atoms with Crippen molar-refractivity contribution in [3.8, 4) is 11.5 Å². The molecule has 0 aliphatic carbocycles. The van der Waals surface area contributed by atoms with Crippen LogP contribution in [0.2, 0.25) is 0 Å². The number of nitrogens with zero attached hydrogens (tertiary/aromatic N) is 2. The van der Waals surface area contributed by atoms with Gasteiger partial charge in [-0.3, -0.25) is 14.4 Å². The fraction of sp³-hybridized carbons (Fsp3) is 0.154. The van der Waals surface area contributed by atoms with E-state index in [1.807, 2.05) is 6.92 Å². The van der Waals surface area contributed by atoms with E-state index in [0.717, 1.165) is 5.56 Å². The van der Waals surface area contributed by atoms with Crippen LogP contribution in [0.4, 0.5) is 11.4 Å². The lowest BCUT2D eigenvalue weighted by atomic mass is 10.1. The molecule has 0 fully saturated rings. The minimum Gasteiger partial charge on any atom is -0.486 e. The number of fused-ring (bicyclic) bond motifs is 2. The second-order valence-corrected chi connectivity index (χ2v) is 8.19. The summed E-state index contributed by atoms with van der Waals surface area (Å²) in [5, 5.41) is 6.07. The smallest absolute Gasteiger partial charge is 0.260 e. The highest BCUT2D eigenvalue weighted by Crippen LogP contribution is 2.31. The van der Waals surface area contributed by atoms with Crippen molar-refractivity contribution < 1.29 is 19.1 Å². The van der Waals surface area contributed by atoms with E-state index in [4.69, 9.17) is 9.47 Å². The third-order valence-corrected chi connectivity index (χ3v) is 5.73. The lowest BCUT2D eigenvalue weighted by Crippen LogP contribution is -2.19. The molecule has 0 saturated carbocycles. The molecule has 1 aliphatic heterocycles. The molecule has 2 amide bonds. The van der Waals surface area contributed by atoms with E-state index in [9.17, 15) is 14.4 Å². The number of aryl methyl sites for hydroxylation is 2. The van der Waals surface area contributed by atoms with Crippen LogP contribution in [0.1, 0.15) is 26.3 Å². The van der Waals surface area contributed by atoms with E-state index in [1.165, 1.54) is 17.0 Å². The number of hydrogen-bond donors (Lipinski definition) is 2. The van der Waals surface area contributed by atoms with Crippen LogP contribution in [-0.2, 0) is 7.05 Å². The quantitative estimate of drug-likeness (QED) is 0.472. The van der Waals surface area contributed by atoms with Gasteiger partial charge in [-0.1, -0.05) is 6.07 Å². The summed E-state index contributed by atoms with van der Waals surface area (Å²) >= 11 is 0. The number of ether oxygens (including phenoxy) is 2. The minimum atomic E-state index is -0.379. The molecule has 2 N–H and O–H groups in total. The van der Waals surface area contributed by atoms with Crippen molar-refractivity contribution in [2.24, 2.45) is 7.05 Å². The van der Waals surface area contributed by atoms with Gasteiger partial charge in [0.15, 0.2) is 11.5 Å². The Balaban J connectivity index is 1.35. The molecule has 0 bridgehead atoms. The van der Waals surface area contributed by atoms with Gasteiger partial charge < -0.3 is 24.7 Å². The second kappa shape index (κ2) is 8.94. The third-order valence-electron chi connectivity index (χ3n) is 5.73. The van der Waals surface area contributed by atoms with E-state index in [0.29, 0.717) is 58.1 Å². The molecule has 0 atom stereocenters. The lowest BCUT2D eigenvalue weighted by molar-refractivity contribution is 0.101. The largest absolute Gasteiger partial charge is 0.486 e. The van der Waals surface area contributed by atoms with Crippen molar-refractivity contribution in [1.82, 2.24) is 9.55 Å². The molecule has 35 heavy (non-hydrogen) atoms. The number of hydrogen-bond acceptors (Lipinski definition) is 6. The summed E-state index contributed by atoms with van der Waals surface area (Å²) in [5.74, 6) is 0.439. The molecule has 0 radical (unpaired) electrons. The first-order chi connectivity index (χ1) is 16.9. The van der Waals surface area contributed by atoms with Crippen molar-refractivity contribution in [3.05, 3.63) is 88.0 Å². The van der Waals surface area contributed by atoms with Crippen LogP contribution in [0.25, 0.3) is 10.9 Å². The normalized spacial score (nSPS) is 12.3. The molecule has 1 aromatic heterocycles. The molecule has 9 heteroatoms. The van der Waals surface area contributed by atoms with Crippen molar-refractivity contribution in [1.29, 1.82) is 0 Å². The summed E-state index contributed by atoms with van der Waals surface area (Å²) in [6.07, 6.45) is 1.44. The Bertz CT molecular complexity index is 1540. The highest BCUT2D eigenvalue weighted by molar-refractivity contribution is 6.08. The molecular weight excluding hydrogens is 448 g/mol. The fourth-order valence-corrected chi connectivity index (χ4v) is 3.77. The molecule has 1 aliphatic rings. The Hall–Kier alpha value is -4.66. The highest BCUT2D eigenvalue weighted by Gasteiger charge is 2.16.